The molecule has 0 radical (unpaired) electrons. The van der Waals surface area contributed by atoms with Crippen molar-refractivity contribution in [2.24, 2.45) is 11.8 Å². The van der Waals surface area contributed by atoms with Gasteiger partial charge in [-0.05, 0) is 37.5 Å². The lowest BCUT2D eigenvalue weighted by Gasteiger charge is -2.15. The van der Waals surface area contributed by atoms with Crippen molar-refractivity contribution in [2.75, 3.05) is 6.61 Å². The van der Waals surface area contributed by atoms with Crippen molar-refractivity contribution in [2.45, 2.75) is 38.2 Å². The van der Waals surface area contributed by atoms with E-state index in [0.29, 0.717) is 24.4 Å². The Bertz CT molecular complexity index is 202. The predicted molar refractivity (Wildman–Crippen MR) is 47.4 cm³/mol. The van der Waals surface area contributed by atoms with Gasteiger partial charge in [-0.1, -0.05) is 0 Å². The highest BCUT2D eigenvalue weighted by Gasteiger charge is 2.39. The first kappa shape index (κ1) is 9.00. The van der Waals surface area contributed by atoms with Crippen LogP contribution < -0.4 is 0 Å². The number of aliphatic carboxylic acids is 1. The maximum absolute atomic E-state index is 10.4. The quantitative estimate of drug-likeness (QED) is 0.725. The number of carboxylic acid groups (broad SMARTS) is 1. The summed E-state index contributed by atoms with van der Waals surface area (Å²) in [5.74, 6) is 0.616. The molecule has 1 saturated heterocycles. The van der Waals surface area contributed by atoms with Gasteiger partial charge in [-0.3, -0.25) is 4.79 Å². The van der Waals surface area contributed by atoms with Crippen molar-refractivity contribution in [1.29, 1.82) is 0 Å². The monoisotopic (exact) mass is 184 g/mol. The van der Waals surface area contributed by atoms with Gasteiger partial charge in [0.25, 0.3) is 0 Å². The molecule has 0 bridgehead atoms. The Labute approximate surface area is 78.1 Å². The Morgan fingerprint density at radius 1 is 1.38 bits per heavy atom. The second-order valence-electron chi connectivity index (χ2n) is 4.13. The Kier molecular flexibility index (Phi) is 2.54. The first-order valence-corrected chi connectivity index (χ1v) is 5.11. The maximum Gasteiger partial charge on any atom is 0.303 e. The lowest BCUT2D eigenvalue weighted by atomic mass is 9.90. The summed E-state index contributed by atoms with van der Waals surface area (Å²) in [6.45, 7) is 0.888. The van der Waals surface area contributed by atoms with E-state index in [0.717, 1.165) is 25.9 Å². The molecular weight excluding hydrogens is 168 g/mol. The van der Waals surface area contributed by atoms with Crippen molar-refractivity contribution in [3.8, 4) is 0 Å². The molecule has 0 aromatic carbocycles. The SMILES string of the molecule is O=C(O)CCC1CC[C@@H]2OCC[C@H]12. The highest BCUT2D eigenvalue weighted by Crippen LogP contribution is 2.42. The Morgan fingerprint density at radius 3 is 3.00 bits per heavy atom. The van der Waals surface area contributed by atoms with Gasteiger partial charge < -0.3 is 9.84 Å². The van der Waals surface area contributed by atoms with E-state index in [2.05, 4.69) is 0 Å². The van der Waals surface area contributed by atoms with E-state index in [1.807, 2.05) is 0 Å². The molecule has 1 aliphatic heterocycles. The smallest absolute Gasteiger partial charge is 0.303 e. The number of carbonyl (C=O) groups is 1. The van der Waals surface area contributed by atoms with Crippen LogP contribution in [0.15, 0.2) is 0 Å². The van der Waals surface area contributed by atoms with Crippen LogP contribution >= 0.6 is 0 Å². The van der Waals surface area contributed by atoms with Crippen LogP contribution in [0, 0.1) is 11.8 Å². The molecule has 0 spiro atoms. The van der Waals surface area contributed by atoms with Gasteiger partial charge in [-0.25, -0.2) is 0 Å². The van der Waals surface area contributed by atoms with E-state index < -0.39 is 5.97 Å². The zero-order chi connectivity index (χ0) is 9.26. The average molecular weight is 184 g/mol. The molecule has 2 aliphatic rings. The van der Waals surface area contributed by atoms with E-state index >= 15 is 0 Å². The zero-order valence-corrected chi connectivity index (χ0v) is 7.74. The van der Waals surface area contributed by atoms with Gasteiger partial charge in [-0.15, -0.1) is 0 Å². The van der Waals surface area contributed by atoms with E-state index in [-0.39, 0.29) is 0 Å². The summed E-state index contributed by atoms with van der Waals surface area (Å²) in [6, 6.07) is 0. The molecule has 1 unspecified atom stereocenters. The third-order valence-corrected chi connectivity index (χ3v) is 3.42. The summed E-state index contributed by atoms with van der Waals surface area (Å²) in [7, 11) is 0. The molecule has 0 aromatic heterocycles. The van der Waals surface area contributed by atoms with Gasteiger partial charge in [0.05, 0.1) is 6.10 Å². The highest BCUT2D eigenvalue weighted by molar-refractivity contribution is 5.66. The van der Waals surface area contributed by atoms with Crippen LogP contribution in [0.2, 0.25) is 0 Å². The Hall–Kier alpha value is -0.570. The fourth-order valence-electron chi connectivity index (χ4n) is 2.76. The van der Waals surface area contributed by atoms with Gasteiger partial charge >= 0.3 is 5.97 Å². The fourth-order valence-corrected chi connectivity index (χ4v) is 2.76. The third-order valence-electron chi connectivity index (χ3n) is 3.42. The Morgan fingerprint density at radius 2 is 2.23 bits per heavy atom. The molecule has 0 amide bonds. The fraction of sp³-hybridized carbons (Fsp3) is 0.900. The van der Waals surface area contributed by atoms with Crippen LogP contribution in [0.1, 0.15) is 32.1 Å². The molecule has 1 saturated carbocycles. The van der Waals surface area contributed by atoms with E-state index in [1.54, 1.807) is 0 Å². The van der Waals surface area contributed by atoms with Crippen LogP contribution in [-0.2, 0) is 9.53 Å². The molecule has 1 N–H and O–H groups in total. The summed E-state index contributed by atoms with van der Waals surface area (Å²) in [5, 5.41) is 8.58. The van der Waals surface area contributed by atoms with Crippen LogP contribution in [0.4, 0.5) is 0 Å². The molecule has 0 aromatic rings. The second kappa shape index (κ2) is 3.66. The Balaban J connectivity index is 1.83. The highest BCUT2D eigenvalue weighted by atomic mass is 16.5. The van der Waals surface area contributed by atoms with Crippen molar-refractivity contribution in [1.82, 2.24) is 0 Å². The minimum absolute atomic E-state index is 0.327. The summed E-state index contributed by atoms with van der Waals surface area (Å²) in [4.78, 5) is 10.4. The maximum atomic E-state index is 10.4. The number of rotatable bonds is 3. The van der Waals surface area contributed by atoms with Crippen LogP contribution in [0.25, 0.3) is 0 Å². The van der Waals surface area contributed by atoms with Crippen molar-refractivity contribution < 1.29 is 14.6 Å². The van der Waals surface area contributed by atoms with Crippen molar-refractivity contribution >= 4 is 5.97 Å². The molecular formula is C10H16O3. The van der Waals surface area contributed by atoms with Crippen LogP contribution in [-0.4, -0.2) is 23.8 Å². The van der Waals surface area contributed by atoms with E-state index in [9.17, 15) is 4.79 Å². The molecule has 13 heavy (non-hydrogen) atoms. The first-order chi connectivity index (χ1) is 6.27. The minimum Gasteiger partial charge on any atom is -0.481 e. The summed E-state index contributed by atoms with van der Waals surface area (Å²) < 4.78 is 5.57. The molecule has 3 atom stereocenters. The normalized spacial score (nSPS) is 37.7. The lowest BCUT2D eigenvalue weighted by Crippen LogP contribution is -2.14. The van der Waals surface area contributed by atoms with Crippen molar-refractivity contribution in [3.05, 3.63) is 0 Å². The zero-order valence-electron chi connectivity index (χ0n) is 7.74. The topological polar surface area (TPSA) is 46.5 Å². The van der Waals surface area contributed by atoms with Crippen LogP contribution in [0.3, 0.4) is 0 Å². The van der Waals surface area contributed by atoms with Crippen LogP contribution in [0.5, 0.6) is 0 Å². The number of carboxylic acids is 1. The van der Waals surface area contributed by atoms with Gasteiger partial charge in [0.15, 0.2) is 0 Å². The van der Waals surface area contributed by atoms with Gasteiger partial charge in [-0.2, -0.15) is 0 Å². The van der Waals surface area contributed by atoms with Crippen molar-refractivity contribution in [3.63, 3.8) is 0 Å². The van der Waals surface area contributed by atoms with E-state index in [1.165, 1.54) is 6.42 Å². The number of hydrogen-bond donors (Lipinski definition) is 1. The first-order valence-electron chi connectivity index (χ1n) is 5.11. The molecule has 1 heterocycles. The van der Waals surface area contributed by atoms with Gasteiger partial charge in [0.1, 0.15) is 0 Å². The molecule has 1 aliphatic carbocycles. The summed E-state index contributed by atoms with van der Waals surface area (Å²) >= 11 is 0. The van der Waals surface area contributed by atoms with Gasteiger partial charge in [0, 0.05) is 13.0 Å². The lowest BCUT2D eigenvalue weighted by molar-refractivity contribution is -0.137. The summed E-state index contributed by atoms with van der Waals surface area (Å²) in [5.41, 5.74) is 0. The molecule has 2 rings (SSSR count). The second-order valence-corrected chi connectivity index (χ2v) is 4.13. The number of ether oxygens (including phenoxy) is 1. The average Bonchev–Trinajstić information content (AvgIpc) is 2.60. The number of fused-ring (bicyclic) bond motifs is 1. The summed E-state index contributed by atoms with van der Waals surface area (Å²) in [6.07, 6.45) is 5.10. The standard InChI is InChI=1S/C10H16O3/c11-10(12)4-2-7-1-3-9-8(7)5-6-13-9/h7-9H,1-6H2,(H,11,12)/t7?,8-,9+/m1/s1. The molecule has 2 fully saturated rings. The number of hydrogen-bond acceptors (Lipinski definition) is 2. The molecule has 3 heteroatoms. The van der Waals surface area contributed by atoms with E-state index in [4.69, 9.17) is 9.84 Å². The largest absolute Gasteiger partial charge is 0.481 e. The van der Waals surface area contributed by atoms with Gasteiger partial charge in [0.2, 0.25) is 0 Å². The molecule has 3 nitrogen and oxygen atoms in total. The minimum atomic E-state index is -0.664. The third kappa shape index (κ3) is 1.85. The molecule has 74 valence electrons. The predicted octanol–water partition coefficient (Wildman–Crippen LogP) is 1.67.